The minimum atomic E-state index is -1.67. The molecule has 1 heterocycles. The van der Waals surface area contributed by atoms with Crippen molar-refractivity contribution in [2.45, 2.75) is 6.35 Å². The van der Waals surface area contributed by atoms with Crippen molar-refractivity contribution >= 4 is 35.6 Å². The van der Waals surface area contributed by atoms with Gasteiger partial charge in [0.2, 0.25) is 23.6 Å². The number of rotatable bonds is 0. The third-order valence-corrected chi connectivity index (χ3v) is 1.64. The number of nitrogens with zero attached hydrogens (tertiary/aromatic N) is 3. The molecule has 0 saturated carbocycles. The summed E-state index contributed by atoms with van der Waals surface area (Å²) < 4.78 is -1.33. The zero-order valence-electron chi connectivity index (χ0n) is 5.02. The van der Waals surface area contributed by atoms with Crippen LogP contribution in [0.4, 0.5) is 0 Å². The second-order valence-electron chi connectivity index (χ2n) is 1.74. The fraction of sp³-hybridized carbons (Fsp3) is 0.333. The molecule has 6 nitrogen and oxygen atoms in total. The summed E-state index contributed by atoms with van der Waals surface area (Å²) in [5, 5.41) is 26.3. The first kappa shape index (κ1) is 8.54. The first-order chi connectivity index (χ1) is 4.94. The average molecular weight is 201 g/mol. The van der Waals surface area contributed by atoms with Crippen molar-refractivity contribution < 1.29 is 18.8 Å². The Balaban J connectivity index is 3.01. The van der Waals surface area contributed by atoms with E-state index in [0.29, 0.717) is 0 Å². The molecule has 0 bridgehead atoms. The minimum absolute atomic E-state index is 0.773. The van der Waals surface area contributed by atoms with Gasteiger partial charge in [-0.25, -0.2) is 0 Å². The summed E-state index contributed by atoms with van der Waals surface area (Å²) >= 11 is 10.6. The van der Waals surface area contributed by atoms with Crippen LogP contribution in [0.15, 0.2) is 9.98 Å². The van der Waals surface area contributed by atoms with E-state index in [-0.39, 0.29) is 0 Å². The highest BCUT2D eigenvalue weighted by Crippen LogP contribution is 2.25. The normalized spacial score (nSPS) is 29.2. The molecule has 0 aliphatic carbocycles. The van der Waals surface area contributed by atoms with Gasteiger partial charge in [-0.15, -0.1) is 9.98 Å². The van der Waals surface area contributed by atoms with Crippen LogP contribution in [0.5, 0.6) is 0 Å². The smallest absolute Gasteiger partial charge is 0.442 e. The number of halogens is 2. The second kappa shape index (κ2) is 2.49. The molecular weight excluding hydrogens is 197 g/mol. The molecule has 62 valence electrons. The molecule has 1 rings (SSSR count). The third-order valence-electron chi connectivity index (χ3n) is 0.988. The molecular formula is C3H4Cl2N3O3+. The minimum Gasteiger partial charge on any atom is -0.479 e. The van der Waals surface area contributed by atoms with Gasteiger partial charge in [0.1, 0.15) is 0 Å². The molecule has 0 aromatic carbocycles. The van der Waals surface area contributed by atoms with Crippen molar-refractivity contribution in [2.24, 2.45) is 9.98 Å². The number of amidine groups is 2. The van der Waals surface area contributed by atoms with Crippen LogP contribution in [0.3, 0.4) is 0 Å². The Hall–Kier alpha value is -0.560. The van der Waals surface area contributed by atoms with Gasteiger partial charge in [0.15, 0.2) is 0 Å². The van der Waals surface area contributed by atoms with Crippen LogP contribution >= 0.6 is 23.6 Å². The molecule has 1 aliphatic rings. The average Bonchev–Trinajstić information content (AvgIpc) is 1.84. The summed E-state index contributed by atoms with van der Waals surface area (Å²) in [6.07, 6.45) is -1.67. The molecule has 0 saturated heterocycles. The summed E-state index contributed by atoms with van der Waals surface area (Å²) in [5.74, 6) is 0. The highest BCUT2D eigenvalue weighted by molar-refractivity contribution is 6.29. The molecule has 0 fully saturated rings. The van der Waals surface area contributed by atoms with Crippen LogP contribution in [0.1, 0.15) is 0 Å². The van der Waals surface area contributed by atoms with Gasteiger partial charge in [0, 0.05) is 3.52 Å². The Bertz CT molecular complexity index is 238. The maximum atomic E-state index is 8.90. The summed E-state index contributed by atoms with van der Waals surface area (Å²) in [6.45, 7) is 0. The number of aliphatic hydroxyl groups is 3. The van der Waals surface area contributed by atoms with Crippen molar-refractivity contribution in [3.05, 3.63) is 0 Å². The summed E-state index contributed by atoms with van der Waals surface area (Å²) in [7, 11) is 0. The maximum Gasteiger partial charge on any atom is 0.442 e. The Morgan fingerprint density at radius 3 is 2.36 bits per heavy atom. The summed E-state index contributed by atoms with van der Waals surface area (Å²) in [5.41, 5.74) is 0. The van der Waals surface area contributed by atoms with Crippen LogP contribution in [0, 0.1) is 0 Å². The fourth-order valence-corrected chi connectivity index (χ4v) is 0.627. The quantitative estimate of drug-likeness (QED) is 0.490. The van der Waals surface area contributed by atoms with Crippen LogP contribution < -0.4 is 0 Å². The Morgan fingerprint density at radius 2 is 1.91 bits per heavy atom. The van der Waals surface area contributed by atoms with E-state index in [1.165, 1.54) is 0 Å². The lowest BCUT2D eigenvalue weighted by Gasteiger charge is -2.19. The number of aliphatic imine (C=N–C) groups is 2. The zero-order valence-corrected chi connectivity index (χ0v) is 6.53. The van der Waals surface area contributed by atoms with Crippen LogP contribution in [0.2, 0.25) is 0 Å². The lowest BCUT2D eigenvalue weighted by atomic mass is 10.8. The number of aliphatic hydroxyl groups excluding tert-OH is 3. The standard InChI is InChI=1S/C3H3Cl2N3O3/c4-8(5)2(10)6-1(9)7-3(8)11/h2,10H,(H-,6,7,9,11)/p+1. The van der Waals surface area contributed by atoms with Gasteiger partial charge in [0.25, 0.3) is 0 Å². The topological polar surface area (TPSA) is 85.4 Å². The lowest BCUT2D eigenvalue weighted by molar-refractivity contribution is -0.671. The number of hydrogen-bond acceptors (Lipinski definition) is 3. The van der Waals surface area contributed by atoms with Crippen molar-refractivity contribution in [1.29, 1.82) is 0 Å². The van der Waals surface area contributed by atoms with Gasteiger partial charge in [-0.2, -0.15) is 0 Å². The number of quaternary nitrogens is 1. The van der Waals surface area contributed by atoms with Gasteiger partial charge in [-0.1, -0.05) is 0 Å². The summed E-state index contributed by atoms with van der Waals surface area (Å²) in [6, 6.07) is -1.61. The van der Waals surface area contributed by atoms with Crippen molar-refractivity contribution in [3.63, 3.8) is 0 Å². The fourth-order valence-electron chi connectivity index (χ4n) is 0.464. The molecule has 1 unspecified atom stereocenters. The molecule has 0 amide bonds. The van der Waals surface area contributed by atoms with Crippen LogP contribution in [-0.4, -0.2) is 37.2 Å². The highest BCUT2D eigenvalue weighted by Gasteiger charge is 2.45. The summed E-state index contributed by atoms with van der Waals surface area (Å²) in [4.78, 5) is 6.09. The van der Waals surface area contributed by atoms with Crippen molar-refractivity contribution in [1.82, 2.24) is 0 Å². The third kappa shape index (κ3) is 1.38. The highest BCUT2D eigenvalue weighted by atomic mass is 35.5. The Labute approximate surface area is 71.4 Å². The Morgan fingerprint density at radius 1 is 1.36 bits per heavy atom. The molecule has 1 aliphatic heterocycles. The van der Waals surface area contributed by atoms with E-state index in [2.05, 4.69) is 9.98 Å². The second-order valence-corrected chi connectivity index (χ2v) is 2.98. The van der Waals surface area contributed by atoms with Gasteiger partial charge >= 0.3 is 18.4 Å². The SMILES string of the molecule is OC1=NC(O)[N+](Cl)(Cl)C(O)=N1. The van der Waals surface area contributed by atoms with Crippen molar-refractivity contribution in [2.75, 3.05) is 0 Å². The van der Waals surface area contributed by atoms with Crippen LogP contribution in [-0.2, 0) is 0 Å². The molecule has 3 N–H and O–H groups in total. The van der Waals surface area contributed by atoms with E-state index in [1.807, 2.05) is 0 Å². The largest absolute Gasteiger partial charge is 0.479 e. The lowest BCUT2D eigenvalue weighted by Crippen LogP contribution is -2.46. The zero-order chi connectivity index (χ0) is 8.65. The van der Waals surface area contributed by atoms with Gasteiger partial charge < -0.3 is 15.3 Å². The molecule has 0 aromatic rings. The molecule has 1 atom stereocenters. The van der Waals surface area contributed by atoms with E-state index in [1.54, 1.807) is 0 Å². The maximum absolute atomic E-state index is 8.90. The van der Waals surface area contributed by atoms with E-state index in [0.717, 1.165) is 0 Å². The molecule has 8 heteroatoms. The first-order valence-corrected chi connectivity index (χ1v) is 3.13. The molecule has 11 heavy (non-hydrogen) atoms. The Kier molecular flexibility index (Phi) is 1.93. The monoisotopic (exact) mass is 200 g/mol. The molecule has 0 radical (unpaired) electrons. The van der Waals surface area contributed by atoms with Crippen LogP contribution in [0.25, 0.3) is 0 Å². The van der Waals surface area contributed by atoms with E-state index in [4.69, 9.17) is 38.9 Å². The predicted octanol–water partition coefficient (Wildman–Crippen LogP) is 0.228. The predicted molar refractivity (Wildman–Crippen MR) is 38.1 cm³/mol. The number of hydrogen-bond donors (Lipinski definition) is 3. The van der Waals surface area contributed by atoms with Gasteiger partial charge in [0.05, 0.1) is 0 Å². The van der Waals surface area contributed by atoms with E-state index >= 15 is 0 Å². The molecule has 0 aromatic heterocycles. The van der Waals surface area contributed by atoms with E-state index < -0.39 is 21.9 Å². The molecule has 0 spiro atoms. The van der Waals surface area contributed by atoms with E-state index in [9.17, 15) is 0 Å². The first-order valence-electron chi connectivity index (χ1n) is 2.45. The van der Waals surface area contributed by atoms with Gasteiger partial charge in [-0.05, 0) is 0 Å². The van der Waals surface area contributed by atoms with Gasteiger partial charge in [-0.3, -0.25) is 0 Å². The van der Waals surface area contributed by atoms with Crippen molar-refractivity contribution in [3.8, 4) is 0 Å².